The summed E-state index contributed by atoms with van der Waals surface area (Å²) in [6, 6.07) is 3.75. The summed E-state index contributed by atoms with van der Waals surface area (Å²) < 4.78 is 2.26. The average molecular weight is 336 g/mol. The predicted molar refractivity (Wildman–Crippen MR) is 102 cm³/mol. The lowest BCUT2D eigenvalue weighted by atomic mass is 10.1. The fraction of sp³-hybridized carbons (Fsp3) is 0.105. The van der Waals surface area contributed by atoms with Crippen molar-refractivity contribution in [1.82, 2.24) is 9.78 Å². The first kappa shape index (κ1) is 19.1. The molecule has 0 unspecified atom stereocenters. The van der Waals surface area contributed by atoms with Gasteiger partial charge in [-0.2, -0.15) is 10.4 Å². The largest absolute Gasteiger partial charge is 0.402 e. The van der Waals surface area contributed by atoms with Gasteiger partial charge >= 0.3 is 0 Å². The molecule has 0 aromatic carbocycles. The van der Waals surface area contributed by atoms with E-state index in [0.717, 1.165) is 11.3 Å². The van der Waals surface area contributed by atoms with Crippen LogP contribution in [0.2, 0.25) is 0 Å². The summed E-state index contributed by atoms with van der Waals surface area (Å²) in [6.07, 6.45) is 10.9. The molecule has 24 heavy (non-hydrogen) atoms. The SMILES string of the molecule is C=C/C(=C\C(=C)C#N)n1ccc(=S)c(CC(=C)/C=C\C=C(/C)N)n1. The molecule has 2 N–H and O–H groups in total. The molecule has 4 nitrogen and oxygen atoms in total. The zero-order valence-corrected chi connectivity index (χ0v) is 14.5. The molecule has 0 spiro atoms. The minimum atomic E-state index is 0.319. The molecule has 0 fully saturated rings. The number of nitrogens with zero attached hydrogens (tertiary/aromatic N) is 3. The van der Waals surface area contributed by atoms with E-state index in [1.165, 1.54) is 0 Å². The van der Waals surface area contributed by atoms with Gasteiger partial charge in [0.1, 0.15) is 0 Å². The minimum absolute atomic E-state index is 0.319. The first-order valence-electron chi connectivity index (χ1n) is 7.18. The molecule has 1 aromatic rings. The molecule has 0 radical (unpaired) electrons. The van der Waals surface area contributed by atoms with Gasteiger partial charge in [0.15, 0.2) is 0 Å². The second-order valence-corrected chi connectivity index (χ2v) is 5.53. The normalized spacial score (nSPS) is 12.0. The third-order valence-electron chi connectivity index (χ3n) is 2.90. The Morgan fingerprint density at radius 2 is 2.21 bits per heavy atom. The van der Waals surface area contributed by atoms with Crippen LogP contribution in [0.15, 0.2) is 79.2 Å². The highest BCUT2D eigenvalue weighted by Crippen LogP contribution is 2.12. The Morgan fingerprint density at radius 3 is 2.79 bits per heavy atom. The molecule has 1 aromatic heterocycles. The molecule has 5 heteroatoms. The van der Waals surface area contributed by atoms with Crippen LogP contribution in [-0.2, 0) is 6.42 Å². The van der Waals surface area contributed by atoms with Gasteiger partial charge in [0.05, 0.1) is 22.0 Å². The van der Waals surface area contributed by atoms with Crippen molar-refractivity contribution in [3.63, 3.8) is 0 Å². The standard InChI is InChI=1S/C19H20N4S/c1-5-17(11-15(3)13-20)23-10-9-19(24)18(22-23)12-14(2)7-6-8-16(4)21/h5-11H,1-3,12,21H2,4H3/b7-6-,16-8+,17-11+. The Kier molecular flexibility index (Phi) is 7.34. The summed E-state index contributed by atoms with van der Waals surface area (Å²) >= 11 is 5.33. The van der Waals surface area contributed by atoms with Gasteiger partial charge < -0.3 is 5.73 Å². The van der Waals surface area contributed by atoms with Crippen molar-refractivity contribution < 1.29 is 0 Å². The molecule has 0 aliphatic carbocycles. The summed E-state index contributed by atoms with van der Waals surface area (Å²) in [7, 11) is 0. The van der Waals surface area contributed by atoms with Crippen LogP contribution in [0.1, 0.15) is 12.6 Å². The zero-order chi connectivity index (χ0) is 18.1. The predicted octanol–water partition coefficient (Wildman–Crippen LogP) is 4.24. The van der Waals surface area contributed by atoms with Crippen LogP contribution in [0.4, 0.5) is 0 Å². The van der Waals surface area contributed by atoms with Crippen LogP contribution >= 0.6 is 12.2 Å². The quantitative estimate of drug-likeness (QED) is 0.459. The molecule has 0 atom stereocenters. The molecule has 0 saturated heterocycles. The van der Waals surface area contributed by atoms with Crippen molar-refractivity contribution in [2.24, 2.45) is 5.73 Å². The van der Waals surface area contributed by atoms with Gasteiger partial charge in [-0.1, -0.05) is 44.1 Å². The fourth-order valence-electron chi connectivity index (χ4n) is 1.75. The molecule has 1 rings (SSSR count). The molecule has 0 saturated carbocycles. The first-order valence-corrected chi connectivity index (χ1v) is 7.58. The summed E-state index contributed by atoms with van der Waals surface area (Å²) in [5.74, 6) is 0. The van der Waals surface area contributed by atoms with Crippen LogP contribution in [-0.4, -0.2) is 9.78 Å². The van der Waals surface area contributed by atoms with Gasteiger partial charge in [0.2, 0.25) is 0 Å². The molecule has 0 bridgehead atoms. The molecular formula is C19H20N4S. The Hall–Kier alpha value is -2.97. The first-order chi connectivity index (χ1) is 11.4. The van der Waals surface area contributed by atoms with E-state index < -0.39 is 0 Å². The molecule has 0 amide bonds. The van der Waals surface area contributed by atoms with Crippen molar-refractivity contribution in [3.05, 3.63) is 89.4 Å². The van der Waals surface area contributed by atoms with Crippen molar-refractivity contribution in [1.29, 1.82) is 5.26 Å². The van der Waals surface area contributed by atoms with E-state index in [0.29, 0.717) is 27.9 Å². The highest BCUT2D eigenvalue weighted by atomic mass is 32.1. The number of allylic oxidation sites excluding steroid dienone is 9. The van der Waals surface area contributed by atoms with Gasteiger partial charge in [-0.25, -0.2) is 4.68 Å². The van der Waals surface area contributed by atoms with E-state index in [-0.39, 0.29) is 0 Å². The third kappa shape index (κ3) is 6.03. The maximum absolute atomic E-state index is 8.86. The van der Waals surface area contributed by atoms with Crippen molar-refractivity contribution in [2.75, 3.05) is 0 Å². The Bertz CT molecular complexity index is 841. The third-order valence-corrected chi connectivity index (χ3v) is 3.28. The second-order valence-electron chi connectivity index (χ2n) is 5.09. The maximum Gasteiger partial charge on any atom is 0.0986 e. The topological polar surface area (TPSA) is 67.6 Å². The lowest BCUT2D eigenvalue weighted by Crippen LogP contribution is -2.06. The van der Waals surface area contributed by atoms with Crippen LogP contribution < -0.4 is 5.73 Å². The summed E-state index contributed by atoms with van der Waals surface area (Å²) in [5, 5.41) is 13.4. The molecule has 0 aliphatic rings. The number of aromatic nitrogens is 2. The highest BCUT2D eigenvalue weighted by molar-refractivity contribution is 7.71. The second kappa shape index (κ2) is 9.23. The van der Waals surface area contributed by atoms with Crippen LogP contribution in [0.5, 0.6) is 0 Å². The average Bonchev–Trinajstić information content (AvgIpc) is 2.54. The highest BCUT2D eigenvalue weighted by Gasteiger charge is 2.03. The number of nitriles is 1. The van der Waals surface area contributed by atoms with E-state index in [4.69, 9.17) is 23.2 Å². The fourth-order valence-corrected chi connectivity index (χ4v) is 1.93. The van der Waals surface area contributed by atoms with Gasteiger partial charge in [-0.15, -0.1) is 0 Å². The van der Waals surface area contributed by atoms with Gasteiger partial charge in [0, 0.05) is 23.9 Å². The van der Waals surface area contributed by atoms with Crippen LogP contribution in [0.25, 0.3) is 5.70 Å². The van der Waals surface area contributed by atoms with E-state index >= 15 is 0 Å². The Balaban J connectivity index is 3.11. The molecule has 1 heterocycles. The van der Waals surface area contributed by atoms with Gasteiger partial charge in [-0.05, 0) is 36.8 Å². The van der Waals surface area contributed by atoms with Crippen molar-refractivity contribution in [2.45, 2.75) is 13.3 Å². The lowest BCUT2D eigenvalue weighted by molar-refractivity contribution is 0.818. The Morgan fingerprint density at radius 1 is 1.50 bits per heavy atom. The van der Waals surface area contributed by atoms with Gasteiger partial charge in [0.25, 0.3) is 0 Å². The molecule has 122 valence electrons. The number of rotatable bonds is 7. The summed E-state index contributed by atoms with van der Waals surface area (Å²) in [6.45, 7) is 13.2. The maximum atomic E-state index is 8.86. The number of nitrogens with two attached hydrogens (primary N) is 1. The minimum Gasteiger partial charge on any atom is -0.402 e. The lowest BCUT2D eigenvalue weighted by Gasteiger charge is -2.09. The van der Waals surface area contributed by atoms with E-state index in [1.807, 2.05) is 25.1 Å². The van der Waals surface area contributed by atoms with E-state index in [1.54, 1.807) is 35.2 Å². The smallest absolute Gasteiger partial charge is 0.0986 e. The Labute approximate surface area is 147 Å². The van der Waals surface area contributed by atoms with E-state index in [2.05, 4.69) is 24.8 Å². The van der Waals surface area contributed by atoms with Crippen molar-refractivity contribution >= 4 is 17.9 Å². The number of hydrogen-bond donors (Lipinski definition) is 1. The molecular weight excluding hydrogens is 316 g/mol. The van der Waals surface area contributed by atoms with Crippen LogP contribution in [0, 0.1) is 15.8 Å². The van der Waals surface area contributed by atoms with E-state index in [9.17, 15) is 0 Å². The molecule has 0 aliphatic heterocycles. The number of hydrogen-bond acceptors (Lipinski definition) is 4. The summed E-state index contributed by atoms with van der Waals surface area (Å²) in [5.41, 5.74) is 8.82. The van der Waals surface area contributed by atoms with Crippen LogP contribution in [0.3, 0.4) is 0 Å². The monoisotopic (exact) mass is 336 g/mol. The zero-order valence-electron chi connectivity index (χ0n) is 13.7. The summed E-state index contributed by atoms with van der Waals surface area (Å²) in [4.78, 5) is 0. The van der Waals surface area contributed by atoms with Crippen molar-refractivity contribution in [3.8, 4) is 6.07 Å². The van der Waals surface area contributed by atoms with Gasteiger partial charge in [-0.3, -0.25) is 0 Å².